The second-order valence-electron chi connectivity index (χ2n) is 6.27. The van der Waals surface area contributed by atoms with Gasteiger partial charge in [0.1, 0.15) is 17.7 Å². The van der Waals surface area contributed by atoms with Crippen LogP contribution < -0.4 is 10.1 Å². The summed E-state index contributed by atoms with van der Waals surface area (Å²) in [6.07, 6.45) is 5.04. The number of benzene rings is 1. The maximum Gasteiger partial charge on any atom is 0.123 e. The van der Waals surface area contributed by atoms with Gasteiger partial charge in [-0.15, -0.1) is 0 Å². The molecule has 2 fully saturated rings. The van der Waals surface area contributed by atoms with Crippen LogP contribution in [0.1, 0.15) is 25.7 Å². The highest BCUT2D eigenvalue weighted by atomic mass is 19.1. The third kappa shape index (κ3) is 4.42. The summed E-state index contributed by atoms with van der Waals surface area (Å²) in [6, 6.07) is 6.36. The molecule has 0 unspecified atom stereocenters. The first kappa shape index (κ1) is 14.8. The second-order valence-corrected chi connectivity index (χ2v) is 6.27. The standard InChI is InChI=1S/C17H25FN2O/c18-15-1-3-16(4-2-15)21-17-7-11-20(12-8-17)13-14-5-9-19-10-6-14/h1-4,14,17,19H,5-13H2. The number of ether oxygens (including phenoxy) is 1. The monoisotopic (exact) mass is 292 g/mol. The zero-order valence-electron chi connectivity index (χ0n) is 12.6. The highest BCUT2D eigenvalue weighted by molar-refractivity contribution is 5.22. The topological polar surface area (TPSA) is 24.5 Å². The summed E-state index contributed by atoms with van der Waals surface area (Å²) in [4.78, 5) is 2.58. The van der Waals surface area contributed by atoms with Crippen LogP contribution >= 0.6 is 0 Å². The fourth-order valence-electron chi connectivity index (χ4n) is 3.34. The van der Waals surface area contributed by atoms with E-state index in [1.165, 1.54) is 44.6 Å². The van der Waals surface area contributed by atoms with Gasteiger partial charge < -0.3 is 15.0 Å². The molecule has 0 bridgehead atoms. The van der Waals surface area contributed by atoms with E-state index >= 15 is 0 Å². The van der Waals surface area contributed by atoms with Gasteiger partial charge in [0.25, 0.3) is 0 Å². The summed E-state index contributed by atoms with van der Waals surface area (Å²) in [5, 5.41) is 3.43. The van der Waals surface area contributed by atoms with Crippen molar-refractivity contribution < 1.29 is 9.13 Å². The average Bonchev–Trinajstić information content (AvgIpc) is 2.53. The van der Waals surface area contributed by atoms with Gasteiger partial charge in [0.05, 0.1) is 0 Å². The molecule has 2 aliphatic rings. The maximum atomic E-state index is 12.9. The van der Waals surface area contributed by atoms with Crippen molar-refractivity contribution in [2.75, 3.05) is 32.7 Å². The molecule has 1 aromatic carbocycles. The lowest BCUT2D eigenvalue weighted by Gasteiger charge is -2.35. The van der Waals surface area contributed by atoms with Crippen molar-refractivity contribution >= 4 is 0 Å². The predicted octanol–water partition coefficient (Wildman–Crippen LogP) is 2.67. The Labute approximate surface area is 126 Å². The van der Waals surface area contributed by atoms with Crippen molar-refractivity contribution in [3.8, 4) is 5.75 Å². The quantitative estimate of drug-likeness (QED) is 0.923. The van der Waals surface area contributed by atoms with Crippen LogP contribution in [0.4, 0.5) is 4.39 Å². The molecule has 3 nitrogen and oxygen atoms in total. The highest BCUT2D eigenvalue weighted by Crippen LogP contribution is 2.21. The van der Waals surface area contributed by atoms with Crippen LogP contribution in [0.3, 0.4) is 0 Å². The zero-order valence-corrected chi connectivity index (χ0v) is 12.6. The van der Waals surface area contributed by atoms with Crippen LogP contribution in [0.5, 0.6) is 5.75 Å². The van der Waals surface area contributed by atoms with Crippen molar-refractivity contribution in [3.63, 3.8) is 0 Å². The number of halogens is 1. The van der Waals surface area contributed by atoms with Gasteiger partial charge in [0.15, 0.2) is 0 Å². The third-order valence-corrected chi connectivity index (χ3v) is 4.63. The molecule has 0 atom stereocenters. The van der Waals surface area contributed by atoms with Gasteiger partial charge in [0, 0.05) is 19.6 Å². The molecule has 0 amide bonds. The van der Waals surface area contributed by atoms with Crippen LogP contribution in [0.2, 0.25) is 0 Å². The van der Waals surface area contributed by atoms with Gasteiger partial charge in [0.2, 0.25) is 0 Å². The van der Waals surface area contributed by atoms with E-state index in [4.69, 9.17) is 4.74 Å². The molecule has 116 valence electrons. The largest absolute Gasteiger partial charge is 0.490 e. The van der Waals surface area contributed by atoms with Gasteiger partial charge in [-0.1, -0.05) is 0 Å². The van der Waals surface area contributed by atoms with Gasteiger partial charge in [-0.25, -0.2) is 4.39 Å². The van der Waals surface area contributed by atoms with E-state index in [2.05, 4.69) is 10.2 Å². The molecule has 3 rings (SSSR count). The number of hydrogen-bond acceptors (Lipinski definition) is 3. The summed E-state index contributed by atoms with van der Waals surface area (Å²) in [5.41, 5.74) is 0. The first-order valence-corrected chi connectivity index (χ1v) is 8.15. The molecule has 21 heavy (non-hydrogen) atoms. The van der Waals surface area contributed by atoms with Crippen molar-refractivity contribution in [1.82, 2.24) is 10.2 Å². The van der Waals surface area contributed by atoms with E-state index in [1.807, 2.05) is 0 Å². The zero-order chi connectivity index (χ0) is 14.5. The highest BCUT2D eigenvalue weighted by Gasteiger charge is 2.23. The minimum atomic E-state index is -0.209. The number of likely N-dealkylation sites (tertiary alicyclic amines) is 1. The summed E-state index contributed by atoms with van der Waals surface area (Å²) >= 11 is 0. The SMILES string of the molecule is Fc1ccc(OC2CCN(CC3CCNCC3)CC2)cc1. The van der Waals surface area contributed by atoms with Gasteiger partial charge in [-0.05, 0) is 69.0 Å². The van der Waals surface area contributed by atoms with Crippen LogP contribution in [0, 0.1) is 11.7 Å². The van der Waals surface area contributed by atoms with Crippen LogP contribution in [-0.4, -0.2) is 43.7 Å². The molecule has 0 saturated carbocycles. The summed E-state index contributed by atoms with van der Waals surface area (Å²) in [5.74, 6) is 1.44. The molecule has 4 heteroatoms. The lowest BCUT2D eigenvalue weighted by atomic mass is 9.96. The van der Waals surface area contributed by atoms with Crippen LogP contribution in [-0.2, 0) is 0 Å². The normalized spacial score (nSPS) is 22.3. The fraction of sp³-hybridized carbons (Fsp3) is 0.647. The Bertz CT molecular complexity index is 423. The van der Waals surface area contributed by atoms with E-state index in [1.54, 1.807) is 12.1 Å². The molecule has 0 spiro atoms. The molecular formula is C17H25FN2O. The number of hydrogen-bond donors (Lipinski definition) is 1. The van der Waals surface area contributed by atoms with E-state index in [0.717, 1.165) is 37.6 Å². The molecule has 0 aliphatic carbocycles. The Hall–Kier alpha value is -1.13. The van der Waals surface area contributed by atoms with Gasteiger partial charge in [-0.3, -0.25) is 0 Å². The first-order chi connectivity index (χ1) is 10.3. The fourth-order valence-corrected chi connectivity index (χ4v) is 3.34. The Morgan fingerprint density at radius 1 is 1.05 bits per heavy atom. The molecule has 0 radical (unpaired) electrons. The Kier molecular flexibility index (Phi) is 5.09. The number of piperidine rings is 2. The van der Waals surface area contributed by atoms with E-state index < -0.39 is 0 Å². The summed E-state index contributed by atoms with van der Waals surface area (Å²) in [7, 11) is 0. The second kappa shape index (κ2) is 7.23. The minimum absolute atomic E-state index is 0.209. The predicted molar refractivity (Wildman–Crippen MR) is 82.1 cm³/mol. The molecule has 2 saturated heterocycles. The molecule has 2 heterocycles. The number of nitrogens with one attached hydrogen (secondary N) is 1. The Morgan fingerprint density at radius 2 is 1.71 bits per heavy atom. The third-order valence-electron chi connectivity index (χ3n) is 4.63. The lowest BCUT2D eigenvalue weighted by molar-refractivity contribution is 0.0872. The minimum Gasteiger partial charge on any atom is -0.490 e. The van der Waals surface area contributed by atoms with Crippen LogP contribution in [0.15, 0.2) is 24.3 Å². The smallest absolute Gasteiger partial charge is 0.123 e. The molecule has 2 aliphatic heterocycles. The van der Waals surface area contributed by atoms with E-state index in [0.29, 0.717) is 0 Å². The van der Waals surface area contributed by atoms with Gasteiger partial charge in [-0.2, -0.15) is 0 Å². The van der Waals surface area contributed by atoms with E-state index in [-0.39, 0.29) is 11.9 Å². The number of rotatable bonds is 4. The Morgan fingerprint density at radius 3 is 2.38 bits per heavy atom. The first-order valence-electron chi connectivity index (χ1n) is 8.15. The van der Waals surface area contributed by atoms with Gasteiger partial charge >= 0.3 is 0 Å². The molecule has 0 aromatic heterocycles. The van der Waals surface area contributed by atoms with Crippen molar-refractivity contribution in [2.24, 2.45) is 5.92 Å². The van der Waals surface area contributed by atoms with Crippen molar-refractivity contribution in [1.29, 1.82) is 0 Å². The molecule has 1 N–H and O–H groups in total. The molecule has 1 aromatic rings. The maximum absolute atomic E-state index is 12.9. The summed E-state index contributed by atoms with van der Waals surface area (Å²) in [6.45, 7) is 5.83. The van der Waals surface area contributed by atoms with Crippen LogP contribution in [0.25, 0.3) is 0 Å². The average molecular weight is 292 g/mol. The Balaban J connectivity index is 1.41. The van der Waals surface area contributed by atoms with Crippen molar-refractivity contribution in [3.05, 3.63) is 30.1 Å². The van der Waals surface area contributed by atoms with E-state index in [9.17, 15) is 4.39 Å². The lowest BCUT2D eigenvalue weighted by Crippen LogP contribution is -2.42. The molecular weight excluding hydrogens is 267 g/mol. The van der Waals surface area contributed by atoms with Crippen molar-refractivity contribution in [2.45, 2.75) is 31.8 Å². The number of nitrogens with zero attached hydrogens (tertiary/aromatic N) is 1. The summed E-state index contributed by atoms with van der Waals surface area (Å²) < 4.78 is 18.8.